The van der Waals surface area contributed by atoms with Gasteiger partial charge in [0.1, 0.15) is 11.9 Å². The minimum absolute atomic E-state index is 0.0317. The quantitative estimate of drug-likeness (QED) is 0.401. The lowest BCUT2D eigenvalue weighted by atomic mass is 9.32. The van der Waals surface area contributed by atoms with E-state index >= 15 is 0 Å². The number of ketones is 2. The van der Waals surface area contributed by atoms with Gasteiger partial charge in [0, 0.05) is 24.8 Å². The molecule has 0 aromatic carbocycles. The zero-order valence-corrected chi connectivity index (χ0v) is 25.4. The minimum Gasteiger partial charge on any atom is -0.356 e. The summed E-state index contributed by atoms with van der Waals surface area (Å²) in [7, 11) is 0. The van der Waals surface area contributed by atoms with Gasteiger partial charge in [-0.05, 0) is 90.8 Å². The number of hydrogen-bond donors (Lipinski definition) is 1. The van der Waals surface area contributed by atoms with Gasteiger partial charge in [0.25, 0.3) is 0 Å². The maximum Gasteiger partial charge on any atom is 0.226 e. The van der Waals surface area contributed by atoms with Crippen LogP contribution in [-0.4, -0.2) is 24.0 Å². The first kappa shape index (κ1) is 28.6. The van der Waals surface area contributed by atoms with Crippen molar-refractivity contribution in [1.82, 2.24) is 5.32 Å². The molecule has 0 heterocycles. The summed E-state index contributed by atoms with van der Waals surface area (Å²) in [6.45, 7) is 16.5. The molecule has 0 aliphatic heterocycles. The fourth-order valence-electron chi connectivity index (χ4n) is 10.9. The lowest BCUT2D eigenvalue weighted by Crippen LogP contribution is -2.69. The van der Waals surface area contributed by atoms with Crippen LogP contribution < -0.4 is 5.32 Å². The number of fused-ring (bicyclic) bond motifs is 7. The van der Waals surface area contributed by atoms with Gasteiger partial charge in [-0.2, -0.15) is 5.26 Å². The molecule has 0 aromatic heterocycles. The van der Waals surface area contributed by atoms with E-state index in [0.29, 0.717) is 18.7 Å². The third-order valence-electron chi connectivity index (χ3n) is 13.4. The molecule has 1 amide bonds. The Morgan fingerprint density at radius 3 is 2.38 bits per heavy atom. The fraction of sp³-hybridized carbons (Fsp3) is 0.824. The number of rotatable bonds is 4. The maximum atomic E-state index is 14.6. The Morgan fingerprint density at radius 2 is 1.72 bits per heavy atom. The Hall–Kier alpha value is -1.96. The van der Waals surface area contributed by atoms with Gasteiger partial charge in [0.15, 0.2) is 5.78 Å². The number of nitrogens with zero attached hydrogens (tertiary/aromatic N) is 1. The van der Waals surface area contributed by atoms with Gasteiger partial charge in [-0.1, -0.05) is 61.0 Å². The van der Waals surface area contributed by atoms with Crippen molar-refractivity contribution in [2.45, 2.75) is 113 Å². The van der Waals surface area contributed by atoms with Gasteiger partial charge < -0.3 is 5.32 Å². The van der Waals surface area contributed by atoms with Crippen molar-refractivity contribution < 1.29 is 14.4 Å². The molecule has 5 heteroatoms. The second kappa shape index (κ2) is 9.28. The summed E-state index contributed by atoms with van der Waals surface area (Å²) in [5.41, 5.74) is -0.718. The summed E-state index contributed by atoms with van der Waals surface area (Å²) >= 11 is 0. The van der Waals surface area contributed by atoms with Crippen LogP contribution in [0.4, 0.5) is 0 Å². The highest BCUT2D eigenvalue weighted by molar-refractivity contribution is 6.02. The Morgan fingerprint density at radius 1 is 1.03 bits per heavy atom. The molecule has 0 bridgehead atoms. The first-order valence-electron chi connectivity index (χ1n) is 15.7. The van der Waals surface area contributed by atoms with Crippen molar-refractivity contribution in [2.75, 3.05) is 6.54 Å². The largest absolute Gasteiger partial charge is 0.356 e. The highest BCUT2D eigenvalue weighted by Crippen LogP contribution is 2.75. The van der Waals surface area contributed by atoms with E-state index in [9.17, 15) is 19.6 Å². The number of nitrogens with one attached hydrogen (secondary N) is 1. The highest BCUT2D eigenvalue weighted by Gasteiger charge is 2.72. The average Bonchev–Trinajstić information content (AvgIpc) is 2.87. The zero-order chi connectivity index (χ0) is 28.6. The molecule has 4 saturated carbocycles. The zero-order valence-electron chi connectivity index (χ0n) is 25.4. The van der Waals surface area contributed by atoms with Gasteiger partial charge in [-0.3, -0.25) is 14.4 Å². The molecule has 0 aromatic rings. The Balaban J connectivity index is 1.58. The van der Waals surface area contributed by atoms with Gasteiger partial charge in [-0.25, -0.2) is 0 Å². The van der Waals surface area contributed by atoms with E-state index in [4.69, 9.17) is 0 Å². The highest BCUT2D eigenvalue weighted by atomic mass is 16.2. The monoisotopic (exact) mass is 534 g/mol. The number of amides is 1. The molecule has 5 nitrogen and oxygen atoms in total. The van der Waals surface area contributed by atoms with Crippen LogP contribution in [0.1, 0.15) is 113 Å². The summed E-state index contributed by atoms with van der Waals surface area (Å²) in [5, 5.41) is 13.1. The number of nitriles is 1. The topological polar surface area (TPSA) is 87.0 Å². The van der Waals surface area contributed by atoms with E-state index in [1.54, 1.807) is 0 Å². The molecule has 5 aliphatic rings. The Kier molecular flexibility index (Phi) is 6.80. The molecule has 4 fully saturated rings. The number of carbonyl (C=O) groups excluding carboxylic acids is 3. The maximum absolute atomic E-state index is 14.6. The number of hydrogen-bond acceptors (Lipinski definition) is 4. The van der Waals surface area contributed by atoms with Crippen LogP contribution in [0.2, 0.25) is 0 Å². The third kappa shape index (κ3) is 3.86. The van der Waals surface area contributed by atoms with Gasteiger partial charge in [-0.15, -0.1) is 0 Å². The van der Waals surface area contributed by atoms with Gasteiger partial charge in [0.2, 0.25) is 5.91 Å². The van der Waals surface area contributed by atoms with Crippen LogP contribution in [0.25, 0.3) is 0 Å². The van der Waals surface area contributed by atoms with E-state index in [1.165, 1.54) is 0 Å². The second-order valence-electron chi connectivity index (χ2n) is 15.6. The molecule has 1 N–H and O–H groups in total. The molecule has 0 saturated heterocycles. The molecule has 5 rings (SSSR count). The second-order valence-corrected chi connectivity index (χ2v) is 15.6. The van der Waals surface area contributed by atoms with Gasteiger partial charge in [0.05, 0.1) is 11.0 Å². The SMILES string of the molecule is CCCCNC(=O)C12CCC(C)(C)CC1C1C(=O)CC3C4(C)C=C(C#N)C(=O)C(C)C4CCC3(C)C1(C)CC2. The first-order valence-corrected chi connectivity index (χ1v) is 15.7. The van der Waals surface area contributed by atoms with Crippen molar-refractivity contribution in [3.63, 3.8) is 0 Å². The van der Waals surface area contributed by atoms with Crippen LogP contribution in [0.5, 0.6) is 0 Å². The van der Waals surface area contributed by atoms with Crippen molar-refractivity contribution >= 4 is 17.5 Å². The molecule has 5 aliphatic carbocycles. The molecule has 39 heavy (non-hydrogen) atoms. The predicted molar refractivity (Wildman–Crippen MR) is 152 cm³/mol. The molecule has 9 unspecified atom stereocenters. The average molecular weight is 535 g/mol. The minimum atomic E-state index is -0.451. The number of unbranched alkanes of at least 4 members (excludes halogenated alkanes) is 1. The number of allylic oxidation sites excluding steroid dienone is 2. The fourth-order valence-corrected chi connectivity index (χ4v) is 10.9. The molecule has 0 radical (unpaired) electrons. The lowest BCUT2D eigenvalue weighted by molar-refractivity contribution is -0.218. The molecule has 214 valence electrons. The van der Waals surface area contributed by atoms with Crippen molar-refractivity contribution in [1.29, 1.82) is 5.26 Å². The summed E-state index contributed by atoms with van der Waals surface area (Å²) in [6, 6.07) is 2.19. The van der Waals surface area contributed by atoms with Crippen LogP contribution >= 0.6 is 0 Å². The van der Waals surface area contributed by atoms with E-state index in [0.717, 1.165) is 57.8 Å². The van der Waals surface area contributed by atoms with E-state index in [1.807, 2.05) is 13.0 Å². The summed E-state index contributed by atoms with van der Waals surface area (Å²) in [5.74, 6) is 0.496. The van der Waals surface area contributed by atoms with E-state index < -0.39 is 5.41 Å². The number of carbonyl (C=O) groups is 3. The van der Waals surface area contributed by atoms with Crippen LogP contribution in [0.15, 0.2) is 11.6 Å². The lowest BCUT2D eigenvalue weighted by Gasteiger charge is -2.71. The van der Waals surface area contributed by atoms with Crippen LogP contribution in [-0.2, 0) is 14.4 Å². The van der Waals surface area contributed by atoms with Gasteiger partial charge >= 0.3 is 0 Å². The van der Waals surface area contributed by atoms with E-state index in [2.05, 4.69) is 52.9 Å². The molecule has 9 atom stereocenters. The summed E-state index contributed by atoms with van der Waals surface area (Å²) in [6.07, 6.45) is 11.0. The molecular weight excluding hydrogens is 484 g/mol. The van der Waals surface area contributed by atoms with Crippen molar-refractivity contribution in [2.24, 2.45) is 56.7 Å². The number of Topliss-reactive ketones (excluding diaryl/α,β-unsaturated/α-hetero) is 2. The Bertz CT molecular complexity index is 1150. The third-order valence-corrected chi connectivity index (χ3v) is 13.4. The van der Waals surface area contributed by atoms with Crippen LogP contribution in [0, 0.1) is 68.0 Å². The summed E-state index contributed by atoms with van der Waals surface area (Å²) < 4.78 is 0. The standard InChI is InChI=1S/C34H50N2O3/c1-8-9-16-36-29(39)34-14-12-30(3,4)19-24(34)27-25(37)17-26-31(5)18-22(20-35)28(38)21(2)23(31)10-11-32(26,6)33(27,7)13-15-34/h18,21,23-24,26-27H,8-17,19H2,1-7H3,(H,36,39). The summed E-state index contributed by atoms with van der Waals surface area (Å²) in [4.78, 5) is 41.5. The van der Waals surface area contributed by atoms with Crippen LogP contribution in [0.3, 0.4) is 0 Å². The predicted octanol–water partition coefficient (Wildman–Crippen LogP) is 6.81. The van der Waals surface area contributed by atoms with Crippen molar-refractivity contribution in [3.05, 3.63) is 11.6 Å². The molecule has 0 spiro atoms. The van der Waals surface area contributed by atoms with Crippen molar-refractivity contribution in [3.8, 4) is 6.07 Å². The Labute approximate surface area is 235 Å². The molecular formula is C34H50N2O3. The van der Waals surface area contributed by atoms with E-state index in [-0.39, 0.29) is 68.5 Å². The normalized spacial score (nSPS) is 46.5. The smallest absolute Gasteiger partial charge is 0.226 e. The first-order chi connectivity index (χ1) is 18.2.